The Labute approximate surface area is 101 Å². The van der Waals surface area contributed by atoms with Crippen molar-refractivity contribution in [3.05, 3.63) is 59.1 Å². The molecule has 0 fully saturated rings. The number of halogens is 1. The molecule has 1 unspecified atom stereocenters. The van der Waals surface area contributed by atoms with Gasteiger partial charge in [0.1, 0.15) is 0 Å². The highest BCUT2D eigenvalue weighted by atomic mass is 35.5. The van der Waals surface area contributed by atoms with E-state index in [0.717, 1.165) is 21.7 Å². The van der Waals surface area contributed by atoms with Gasteiger partial charge in [0.05, 0.1) is 0 Å². The van der Waals surface area contributed by atoms with Gasteiger partial charge >= 0.3 is 0 Å². The van der Waals surface area contributed by atoms with Crippen LogP contribution in [0.1, 0.15) is 18.5 Å². The SMILES string of the molecule is CC(N)c1ccc(Cl)c(-c2ccccc2)c1. The maximum atomic E-state index is 6.19. The van der Waals surface area contributed by atoms with Crippen molar-refractivity contribution in [2.24, 2.45) is 5.73 Å². The molecule has 2 rings (SSSR count). The average Bonchev–Trinajstić information content (AvgIpc) is 2.30. The molecule has 1 nitrogen and oxygen atoms in total. The fraction of sp³-hybridized carbons (Fsp3) is 0.143. The van der Waals surface area contributed by atoms with Gasteiger partial charge in [0.15, 0.2) is 0 Å². The van der Waals surface area contributed by atoms with Crippen LogP contribution < -0.4 is 5.73 Å². The molecule has 0 spiro atoms. The van der Waals surface area contributed by atoms with Crippen LogP contribution in [0.2, 0.25) is 5.02 Å². The summed E-state index contributed by atoms with van der Waals surface area (Å²) in [5.74, 6) is 0. The molecule has 0 bridgehead atoms. The van der Waals surface area contributed by atoms with Crippen molar-refractivity contribution in [3.63, 3.8) is 0 Å². The van der Waals surface area contributed by atoms with Gasteiger partial charge in [-0.3, -0.25) is 0 Å². The summed E-state index contributed by atoms with van der Waals surface area (Å²) < 4.78 is 0. The van der Waals surface area contributed by atoms with Gasteiger partial charge in [0, 0.05) is 16.6 Å². The van der Waals surface area contributed by atoms with Gasteiger partial charge in [-0.25, -0.2) is 0 Å². The maximum absolute atomic E-state index is 6.19. The van der Waals surface area contributed by atoms with Crippen LogP contribution in [0.25, 0.3) is 11.1 Å². The molecular weight excluding hydrogens is 218 g/mol. The van der Waals surface area contributed by atoms with E-state index >= 15 is 0 Å². The highest BCUT2D eigenvalue weighted by molar-refractivity contribution is 6.33. The minimum Gasteiger partial charge on any atom is -0.324 e. The molecule has 16 heavy (non-hydrogen) atoms. The molecule has 0 heterocycles. The van der Waals surface area contributed by atoms with Gasteiger partial charge < -0.3 is 5.73 Å². The van der Waals surface area contributed by atoms with Gasteiger partial charge in [-0.1, -0.05) is 48.0 Å². The van der Waals surface area contributed by atoms with Gasteiger partial charge in [-0.2, -0.15) is 0 Å². The largest absolute Gasteiger partial charge is 0.324 e. The molecule has 0 saturated heterocycles. The van der Waals surface area contributed by atoms with Crippen LogP contribution in [0.4, 0.5) is 0 Å². The van der Waals surface area contributed by atoms with Crippen LogP contribution in [0.3, 0.4) is 0 Å². The minimum atomic E-state index is 0.0275. The predicted octanol–water partition coefficient (Wildman–Crippen LogP) is 4.03. The normalized spacial score (nSPS) is 12.4. The Morgan fingerprint density at radius 3 is 2.38 bits per heavy atom. The number of rotatable bonds is 2. The zero-order valence-electron chi connectivity index (χ0n) is 9.15. The lowest BCUT2D eigenvalue weighted by atomic mass is 10.0. The summed E-state index contributed by atoms with van der Waals surface area (Å²) in [6, 6.07) is 16.1. The molecule has 0 amide bonds. The first-order valence-electron chi connectivity index (χ1n) is 5.29. The lowest BCUT2D eigenvalue weighted by Gasteiger charge is -2.10. The Bertz CT molecular complexity index is 477. The Balaban J connectivity index is 2.52. The molecule has 0 aliphatic heterocycles. The summed E-state index contributed by atoms with van der Waals surface area (Å²) >= 11 is 6.19. The van der Waals surface area contributed by atoms with Crippen molar-refractivity contribution in [2.75, 3.05) is 0 Å². The van der Waals surface area contributed by atoms with E-state index < -0.39 is 0 Å². The van der Waals surface area contributed by atoms with Crippen molar-refractivity contribution in [3.8, 4) is 11.1 Å². The van der Waals surface area contributed by atoms with Gasteiger partial charge in [0.2, 0.25) is 0 Å². The first-order chi connectivity index (χ1) is 7.68. The Hall–Kier alpha value is -1.31. The summed E-state index contributed by atoms with van der Waals surface area (Å²) in [7, 11) is 0. The number of nitrogens with two attached hydrogens (primary N) is 1. The van der Waals surface area contributed by atoms with E-state index in [1.807, 2.05) is 49.4 Å². The zero-order valence-corrected chi connectivity index (χ0v) is 9.91. The van der Waals surface area contributed by atoms with Crippen molar-refractivity contribution in [1.29, 1.82) is 0 Å². The standard InChI is InChI=1S/C14H14ClN/c1-10(16)12-7-8-14(15)13(9-12)11-5-3-2-4-6-11/h2-10H,16H2,1H3. The molecule has 0 aliphatic rings. The molecule has 0 saturated carbocycles. The van der Waals surface area contributed by atoms with Crippen LogP contribution in [0, 0.1) is 0 Å². The molecule has 0 aromatic heterocycles. The second kappa shape index (κ2) is 4.69. The van der Waals surface area contributed by atoms with Gasteiger partial charge in [0.25, 0.3) is 0 Å². The summed E-state index contributed by atoms with van der Waals surface area (Å²) in [6.07, 6.45) is 0. The van der Waals surface area contributed by atoms with Crippen molar-refractivity contribution >= 4 is 11.6 Å². The molecule has 2 aromatic rings. The summed E-state index contributed by atoms with van der Waals surface area (Å²) in [6.45, 7) is 1.97. The van der Waals surface area contributed by atoms with Crippen LogP contribution >= 0.6 is 11.6 Å². The molecule has 2 aromatic carbocycles. The lowest BCUT2D eigenvalue weighted by Crippen LogP contribution is -2.04. The molecule has 2 N–H and O–H groups in total. The quantitative estimate of drug-likeness (QED) is 0.830. The fourth-order valence-electron chi connectivity index (χ4n) is 1.67. The molecule has 2 heteroatoms. The fourth-order valence-corrected chi connectivity index (χ4v) is 1.89. The summed E-state index contributed by atoms with van der Waals surface area (Å²) in [5, 5.41) is 0.760. The van der Waals surface area contributed by atoms with E-state index in [4.69, 9.17) is 17.3 Å². The van der Waals surface area contributed by atoms with Crippen molar-refractivity contribution in [1.82, 2.24) is 0 Å². The Morgan fingerprint density at radius 2 is 1.75 bits per heavy atom. The third-order valence-corrected chi connectivity index (χ3v) is 2.93. The Morgan fingerprint density at radius 1 is 1.06 bits per heavy atom. The number of benzene rings is 2. The molecular formula is C14H14ClN. The van der Waals surface area contributed by atoms with Crippen LogP contribution in [0.15, 0.2) is 48.5 Å². The topological polar surface area (TPSA) is 26.0 Å². The molecule has 1 atom stereocenters. The van der Waals surface area contributed by atoms with Crippen LogP contribution in [0.5, 0.6) is 0 Å². The first-order valence-corrected chi connectivity index (χ1v) is 5.67. The molecule has 0 radical (unpaired) electrons. The van der Waals surface area contributed by atoms with Gasteiger partial charge in [-0.15, -0.1) is 0 Å². The third kappa shape index (κ3) is 2.26. The van der Waals surface area contributed by atoms with Crippen LogP contribution in [-0.4, -0.2) is 0 Å². The first kappa shape index (κ1) is 11.2. The highest BCUT2D eigenvalue weighted by Gasteiger charge is 2.06. The van der Waals surface area contributed by atoms with E-state index in [1.165, 1.54) is 0 Å². The Kier molecular flexibility index (Phi) is 3.28. The molecule has 0 aliphatic carbocycles. The smallest absolute Gasteiger partial charge is 0.0484 e. The van der Waals surface area contributed by atoms with Crippen molar-refractivity contribution < 1.29 is 0 Å². The number of hydrogen-bond donors (Lipinski definition) is 1. The van der Waals surface area contributed by atoms with E-state index in [-0.39, 0.29) is 6.04 Å². The number of hydrogen-bond acceptors (Lipinski definition) is 1. The van der Waals surface area contributed by atoms with E-state index in [0.29, 0.717) is 0 Å². The molecule has 82 valence electrons. The van der Waals surface area contributed by atoms with Crippen LogP contribution in [-0.2, 0) is 0 Å². The third-order valence-electron chi connectivity index (χ3n) is 2.60. The van der Waals surface area contributed by atoms with E-state index in [1.54, 1.807) is 0 Å². The van der Waals surface area contributed by atoms with E-state index in [9.17, 15) is 0 Å². The van der Waals surface area contributed by atoms with Crippen molar-refractivity contribution in [2.45, 2.75) is 13.0 Å². The second-order valence-electron chi connectivity index (χ2n) is 3.89. The minimum absolute atomic E-state index is 0.0275. The average molecular weight is 232 g/mol. The van der Waals surface area contributed by atoms with E-state index in [2.05, 4.69) is 6.07 Å². The second-order valence-corrected chi connectivity index (χ2v) is 4.30. The van der Waals surface area contributed by atoms with Gasteiger partial charge in [-0.05, 0) is 30.2 Å². The predicted molar refractivity (Wildman–Crippen MR) is 69.5 cm³/mol. The lowest BCUT2D eigenvalue weighted by molar-refractivity contribution is 0.819. The highest BCUT2D eigenvalue weighted by Crippen LogP contribution is 2.29. The monoisotopic (exact) mass is 231 g/mol. The maximum Gasteiger partial charge on any atom is 0.0484 e. The summed E-state index contributed by atoms with van der Waals surface area (Å²) in [5.41, 5.74) is 9.13. The summed E-state index contributed by atoms with van der Waals surface area (Å²) in [4.78, 5) is 0. The zero-order chi connectivity index (χ0) is 11.5.